The van der Waals surface area contributed by atoms with Gasteiger partial charge in [0.1, 0.15) is 9.90 Å². The summed E-state index contributed by atoms with van der Waals surface area (Å²) in [4.78, 5) is 16.5. The number of hydrogen-bond acceptors (Lipinski definition) is 5. The average molecular weight is 638 g/mol. The number of fused-ring (bicyclic) bond motifs is 1. The molecule has 0 aliphatic rings. The lowest BCUT2D eigenvalue weighted by atomic mass is 9.84. The molecule has 6 rings (SSSR count). The Morgan fingerprint density at radius 3 is 1.95 bits per heavy atom. The Hall–Kier alpha value is -4.31. The Morgan fingerprint density at radius 1 is 0.818 bits per heavy atom. The molecule has 3 N–H and O–H groups in total. The van der Waals surface area contributed by atoms with Crippen LogP contribution in [-0.2, 0) is 14.8 Å². The van der Waals surface area contributed by atoms with Gasteiger partial charge in [-0.15, -0.1) is 23.1 Å². The van der Waals surface area contributed by atoms with E-state index in [4.69, 9.17) is 0 Å². The molecule has 0 radical (unpaired) electrons. The molecule has 9 heteroatoms. The lowest BCUT2D eigenvalue weighted by Gasteiger charge is -2.35. The van der Waals surface area contributed by atoms with E-state index in [-0.39, 0.29) is 10.1 Å². The van der Waals surface area contributed by atoms with Crippen LogP contribution in [0.15, 0.2) is 131 Å². The zero-order valence-corrected chi connectivity index (χ0v) is 26.4. The summed E-state index contributed by atoms with van der Waals surface area (Å²) in [5.41, 5.74) is 5.76. The first-order valence-electron chi connectivity index (χ1n) is 14.2. The van der Waals surface area contributed by atoms with Crippen molar-refractivity contribution in [1.82, 2.24) is 10.3 Å². The van der Waals surface area contributed by atoms with Gasteiger partial charge in [0, 0.05) is 17.7 Å². The number of aromatic amines is 1. The fraction of sp³-hybridized carbons (Fsp3) is 0.114. The van der Waals surface area contributed by atoms with Gasteiger partial charge in [0.05, 0.1) is 16.0 Å². The number of carbonyl (C=O) groups is 1. The largest absolute Gasteiger partial charge is 0.350 e. The zero-order chi connectivity index (χ0) is 30.6. The molecule has 2 aromatic heterocycles. The third kappa shape index (κ3) is 5.91. The van der Waals surface area contributed by atoms with E-state index in [9.17, 15) is 13.2 Å². The van der Waals surface area contributed by atoms with E-state index in [0.717, 1.165) is 39.0 Å². The summed E-state index contributed by atoms with van der Waals surface area (Å²) in [5.74, 6) is 0.397. The zero-order valence-electron chi connectivity index (χ0n) is 24.0. The van der Waals surface area contributed by atoms with Crippen molar-refractivity contribution >= 4 is 55.6 Å². The van der Waals surface area contributed by atoms with Crippen LogP contribution in [0.5, 0.6) is 0 Å². The second kappa shape index (κ2) is 12.7. The quantitative estimate of drug-likeness (QED) is 0.0999. The standard InChI is InChI=1S/C35H31N3O3S3/c1-25-19-20-30(38-44(40,41)32-18-11-22-42-32)33-29(25)24-31(37-33)34(39)36-21-23-43-35(26-12-5-2-6-13-26,27-14-7-3-8-15-27)28-16-9-4-10-17-28/h2-20,22,24,37-38H,21,23H2,1H3,(H,36,39). The number of carbonyl (C=O) groups excluding carboxylic acids is 1. The van der Waals surface area contributed by atoms with Gasteiger partial charge in [0.25, 0.3) is 15.9 Å². The van der Waals surface area contributed by atoms with Crippen LogP contribution in [0.4, 0.5) is 5.69 Å². The van der Waals surface area contributed by atoms with Crippen LogP contribution >= 0.6 is 23.1 Å². The van der Waals surface area contributed by atoms with Crippen LogP contribution < -0.4 is 10.0 Å². The molecule has 6 aromatic rings. The number of nitrogens with one attached hydrogen (secondary N) is 3. The molecule has 4 aromatic carbocycles. The molecule has 6 nitrogen and oxygen atoms in total. The fourth-order valence-electron chi connectivity index (χ4n) is 5.41. The molecule has 0 fully saturated rings. The molecule has 0 bridgehead atoms. The summed E-state index contributed by atoms with van der Waals surface area (Å²) in [7, 11) is -3.74. The highest BCUT2D eigenvalue weighted by atomic mass is 32.2. The lowest BCUT2D eigenvalue weighted by molar-refractivity contribution is 0.0952. The van der Waals surface area contributed by atoms with E-state index in [2.05, 4.69) is 87.8 Å². The van der Waals surface area contributed by atoms with Gasteiger partial charge in [0.15, 0.2) is 0 Å². The number of aryl methyl sites for hydroxylation is 1. The molecular formula is C35H31N3O3S3. The number of rotatable bonds is 11. The summed E-state index contributed by atoms with van der Waals surface area (Å²) < 4.78 is 28.2. The minimum absolute atomic E-state index is 0.228. The number of hydrogen-bond donors (Lipinski definition) is 3. The van der Waals surface area contributed by atoms with E-state index < -0.39 is 14.8 Å². The van der Waals surface area contributed by atoms with Crippen molar-refractivity contribution in [3.05, 3.63) is 155 Å². The molecule has 0 spiro atoms. The van der Waals surface area contributed by atoms with Crippen molar-refractivity contribution in [2.24, 2.45) is 0 Å². The Kier molecular flexibility index (Phi) is 8.61. The van der Waals surface area contributed by atoms with Crippen LogP contribution in [0.25, 0.3) is 10.9 Å². The number of sulfonamides is 1. The topological polar surface area (TPSA) is 91.1 Å². The second-order valence-corrected chi connectivity index (χ2v) is 14.5. The van der Waals surface area contributed by atoms with Crippen molar-refractivity contribution in [1.29, 1.82) is 0 Å². The third-order valence-electron chi connectivity index (χ3n) is 7.51. The summed E-state index contributed by atoms with van der Waals surface area (Å²) in [6.45, 7) is 2.37. The van der Waals surface area contributed by atoms with E-state index in [1.165, 1.54) is 0 Å². The van der Waals surface area contributed by atoms with E-state index >= 15 is 0 Å². The number of anilines is 1. The van der Waals surface area contributed by atoms with Gasteiger partial charge in [-0.05, 0) is 52.8 Å². The highest BCUT2D eigenvalue weighted by Crippen LogP contribution is 2.48. The maximum absolute atomic E-state index is 13.4. The number of amides is 1. The molecule has 1 amide bonds. The highest BCUT2D eigenvalue weighted by Gasteiger charge is 2.36. The average Bonchev–Trinajstić information content (AvgIpc) is 3.77. The van der Waals surface area contributed by atoms with Gasteiger partial charge in [-0.1, -0.05) is 103 Å². The summed E-state index contributed by atoms with van der Waals surface area (Å²) in [6.07, 6.45) is 0. The van der Waals surface area contributed by atoms with Crippen molar-refractivity contribution in [2.45, 2.75) is 15.9 Å². The minimum atomic E-state index is -3.74. The lowest BCUT2D eigenvalue weighted by Crippen LogP contribution is -2.30. The first-order valence-corrected chi connectivity index (χ1v) is 17.5. The van der Waals surface area contributed by atoms with Gasteiger partial charge in [-0.2, -0.15) is 0 Å². The van der Waals surface area contributed by atoms with Crippen molar-refractivity contribution in [3.8, 4) is 0 Å². The molecule has 0 unspecified atom stereocenters. The molecule has 0 saturated carbocycles. The van der Waals surface area contributed by atoms with E-state index in [1.807, 2.05) is 31.2 Å². The third-order valence-corrected chi connectivity index (χ3v) is 11.8. The summed E-state index contributed by atoms with van der Waals surface area (Å²) in [5, 5.41) is 5.57. The van der Waals surface area contributed by atoms with Crippen LogP contribution in [0.2, 0.25) is 0 Å². The molecule has 2 heterocycles. The monoisotopic (exact) mass is 637 g/mol. The number of benzene rings is 4. The Balaban J connectivity index is 1.23. The predicted molar refractivity (Wildman–Crippen MR) is 182 cm³/mol. The maximum atomic E-state index is 13.4. The first kappa shape index (κ1) is 29.7. The molecule has 222 valence electrons. The highest BCUT2D eigenvalue weighted by molar-refractivity contribution is 8.00. The summed E-state index contributed by atoms with van der Waals surface area (Å²) >= 11 is 2.93. The molecule has 0 atom stereocenters. The smallest absolute Gasteiger partial charge is 0.271 e. The molecule has 0 aliphatic heterocycles. The number of thiophene rings is 1. The Labute approximate surface area is 265 Å². The fourth-order valence-corrected chi connectivity index (χ4v) is 8.89. The van der Waals surface area contributed by atoms with Crippen molar-refractivity contribution in [3.63, 3.8) is 0 Å². The Morgan fingerprint density at radius 2 is 1.41 bits per heavy atom. The van der Waals surface area contributed by atoms with Gasteiger partial charge in [-0.25, -0.2) is 8.42 Å². The van der Waals surface area contributed by atoms with E-state index in [0.29, 0.717) is 29.2 Å². The van der Waals surface area contributed by atoms with Crippen molar-refractivity contribution < 1.29 is 13.2 Å². The van der Waals surface area contributed by atoms with Crippen LogP contribution in [0, 0.1) is 6.92 Å². The predicted octanol–water partition coefficient (Wildman–Crippen LogP) is 7.79. The summed E-state index contributed by atoms with van der Waals surface area (Å²) in [6, 6.07) is 40.0. The van der Waals surface area contributed by atoms with E-state index in [1.54, 1.807) is 41.4 Å². The SMILES string of the molecule is Cc1ccc(NS(=O)(=O)c2cccs2)c2[nH]c(C(=O)NCCSC(c3ccccc3)(c3ccccc3)c3ccccc3)cc12. The van der Waals surface area contributed by atoms with Gasteiger partial charge >= 0.3 is 0 Å². The first-order chi connectivity index (χ1) is 21.4. The Bertz CT molecular complexity index is 1880. The van der Waals surface area contributed by atoms with Crippen LogP contribution in [0.3, 0.4) is 0 Å². The van der Waals surface area contributed by atoms with Crippen LogP contribution in [0.1, 0.15) is 32.7 Å². The minimum Gasteiger partial charge on any atom is -0.350 e. The van der Waals surface area contributed by atoms with Gasteiger partial charge in [0.2, 0.25) is 0 Å². The van der Waals surface area contributed by atoms with Gasteiger partial charge in [-0.3, -0.25) is 9.52 Å². The van der Waals surface area contributed by atoms with Gasteiger partial charge < -0.3 is 10.3 Å². The van der Waals surface area contributed by atoms with Crippen LogP contribution in [-0.4, -0.2) is 31.6 Å². The normalized spacial score (nSPS) is 11.8. The number of H-pyrrole nitrogens is 1. The molecule has 44 heavy (non-hydrogen) atoms. The number of thioether (sulfide) groups is 1. The second-order valence-electron chi connectivity index (χ2n) is 10.3. The molecule has 0 saturated heterocycles. The molecular weight excluding hydrogens is 607 g/mol. The molecule has 0 aliphatic carbocycles. The van der Waals surface area contributed by atoms with Crippen molar-refractivity contribution in [2.75, 3.05) is 17.0 Å². The maximum Gasteiger partial charge on any atom is 0.271 e. The number of aromatic nitrogens is 1.